The summed E-state index contributed by atoms with van der Waals surface area (Å²) in [6, 6.07) is 0. The molecule has 0 heterocycles. The molecule has 5 nitrogen and oxygen atoms in total. The van der Waals surface area contributed by atoms with Crippen LogP contribution in [0, 0.1) is 10.1 Å². The molecule has 0 atom stereocenters. The van der Waals surface area contributed by atoms with Crippen molar-refractivity contribution in [3.8, 4) is 0 Å². The lowest BCUT2D eigenvalue weighted by molar-refractivity contribution is -0.742. The van der Waals surface area contributed by atoms with Crippen molar-refractivity contribution >= 4 is 17.4 Å². The monoisotopic (exact) mass is 111 g/mol. The van der Waals surface area contributed by atoms with Gasteiger partial charge in [0, 0.05) is 0 Å². The summed E-state index contributed by atoms with van der Waals surface area (Å²) in [5, 5.41) is 13.6. The highest BCUT2D eigenvalue weighted by Gasteiger charge is 1.65. The molecular formula is H6AlNO4. The molecule has 0 rings (SSSR count). The molecular weight excluding hydrogens is 105 g/mol. The predicted molar refractivity (Wildman–Crippen MR) is 22.3 cm³/mol. The van der Waals surface area contributed by atoms with E-state index in [0.717, 1.165) is 0 Å². The van der Waals surface area contributed by atoms with E-state index in [1.165, 1.54) is 0 Å². The van der Waals surface area contributed by atoms with Crippen molar-refractivity contribution in [1.82, 2.24) is 0 Å². The van der Waals surface area contributed by atoms with Crippen molar-refractivity contribution < 1.29 is 15.8 Å². The normalized spacial score (nSPS) is 4.00. The van der Waals surface area contributed by atoms with Crippen molar-refractivity contribution in [2.45, 2.75) is 0 Å². The Morgan fingerprint density at radius 2 is 1.67 bits per heavy atom. The predicted octanol–water partition coefficient (Wildman–Crippen LogP) is -2.36. The third-order valence-electron chi connectivity index (χ3n) is 0. The average Bonchev–Trinajstić information content (AvgIpc) is 0.811. The van der Waals surface area contributed by atoms with Crippen molar-refractivity contribution in [3.63, 3.8) is 0 Å². The first-order chi connectivity index (χ1) is 1.73. The average molecular weight is 111 g/mol. The Morgan fingerprint density at radius 1 is 1.67 bits per heavy atom. The molecule has 0 aromatic rings. The van der Waals surface area contributed by atoms with Crippen LogP contribution in [-0.4, -0.2) is 33.1 Å². The van der Waals surface area contributed by atoms with Crippen LogP contribution in [0.15, 0.2) is 0 Å². The van der Waals surface area contributed by atoms with Gasteiger partial charge in [-0.25, -0.2) is 0 Å². The van der Waals surface area contributed by atoms with E-state index in [4.69, 9.17) is 15.3 Å². The van der Waals surface area contributed by atoms with Gasteiger partial charge >= 0.3 is 0 Å². The molecule has 0 aliphatic carbocycles. The minimum Gasteiger partial charge on any atom is -0.412 e. The van der Waals surface area contributed by atoms with Gasteiger partial charge in [-0.05, 0) is 0 Å². The molecule has 0 radical (unpaired) electrons. The van der Waals surface area contributed by atoms with Gasteiger partial charge in [0.25, 0.3) is 5.09 Å². The van der Waals surface area contributed by atoms with Gasteiger partial charge in [-0.1, -0.05) is 0 Å². The molecule has 38 valence electrons. The fraction of sp³-hybridized carbons (Fsp3) is 0. The third kappa shape index (κ3) is 283. The number of hydrogen-bond donors (Lipinski definition) is 1. The van der Waals surface area contributed by atoms with Gasteiger partial charge in [-0.3, -0.25) is 0 Å². The molecule has 0 unspecified atom stereocenters. The largest absolute Gasteiger partial charge is 0.412 e. The lowest BCUT2D eigenvalue weighted by atomic mass is 13.1. The van der Waals surface area contributed by atoms with E-state index in [-0.39, 0.29) is 22.8 Å². The molecule has 0 amide bonds. The fourth-order valence-corrected chi connectivity index (χ4v) is 0. The first-order valence-electron chi connectivity index (χ1n) is 0.565. The molecule has 0 bridgehead atoms. The van der Waals surface area contributed by atoms with Crippen LogP contribution >= 0.6 is 0 Å². The quantitative estimate of drug-likeness (QED) is 0.215. The highest BCUT2D eigenvalue weighted by molar-refractivity contribution is 5.75. The maximum atomic E-state index is 8.36. The summed E-state index contributed by atoms with van der Waals surface area (Å²) >= 11 is 0. The summed E-state index contributed by atoms with van der Waals surface area (Å²) < 4.78 is 0. The summed E-state index contributed by atoms with van der Waals surface area (Å²) in [6.45, 7) is 0. The van der Waals surface area contributed by atoms with E-state index in [0.29, 0.717) is 0 Å². The standard InChI is InChI=1S/Al.HNO3.H2O.3H/c;2-1(3)4;;;;/h;(H,2,3,4);1H2;;;. The SMILES string of the molecule is O.O=[N+]([O-])O.[AlH3]. The van der Waals surface area contributed by atoms with E-state index in [1.54, 1.807) is 0 Å². The van der Waals surface area contributed by atoms with Crippen LogP contribution in [0.1, 0.15) is 0 Å². The zero-order valence-electron chi connectivity index (χ0n) is 2.21. The van der Waals surface area contributed by atoms with Gasteiger partial charge in [-0.2, -0.15) is 0 Å². The number of nitrogens with zero attached hydrogens (tertiary/aromatic N) is 1. The maximum absolute atomic E-state index is 8.36. The lowest BCUT2D eigenvalue weighted by Crippen LogP contribution is -1.81. The van der Waals surface area contributed by atoms with E-state index in [2.05, 4.69) is 0 Å². The topological polar surface area (TPSA) is 94.9 Å². The Balaban J connectivity index is -0.0000000450. The second-order valence-corrected chi connectivity index (χ2v) is 0.238. The van der Waals surface area contributed by atoms with E-state index in [9.17, 15) is 0 Å². The third-order valence-corrected chi connectivity index (χ3v) is 0. The zero-order valence-corrected chi connectivity index (χ0v) is 2.21. The minimum absolute atomic E-state index is 0. The second-order valence-electron chi connectivity index (χ2n) is 0.238. The van der Waals surface area contributed by atoms with Crippen molar-refractivity contribution in [2.24, 2.45) is 0 Å². The Labute approximate surface area is 44.1 Å². The molecule has 6 heteroatoms. The summed E-state index contributed by atoms with van der Waals surface area (Å²) in [5.41, 5.74) is 0. The zero-order chi connectivity index (χ0) is 3.58. The van der Waals surface area contributed by atoms with Crippen LogP contribution in [0.2, 0.25) is 0 Å². The molecule has 0 fully saturated rings. The fourth-order valence-electron chi connectivity index (χ4n) is 0. The van der Waals surface area contributed by atoms with Crippen LogP contribution in [0.4, 0.5) is 0 Å². The maximum Gasteiger partial charge on any atom is 0.291 e. The molecule has 0 saturated carbocycles. The van der Waals surface area contributed by atoms with Crippen molar-refractivity contribution in [3.05, 3.63) is 10.1 Å². The molecule has 6 heavy (non-hydrogen) atoms. The van der Waals surface area contributed by atoms with Crippen LogP contribution in [0.5, 0.6) is 0 Å². The summed E-state index contributed by atoms with van der Waals surface area (Å²) in [4.78, 5) is 8.36. The Morgan fingerprint density at radius 3 is 1.67 bits per heavy atom. The minimum atomic E-state index is -1.50. The van der Waals surface area contributed by atoms with Gasteiger partial charge in [0.05, 0.1) is 0 Å². The Bertz CT molecular complexity index is 30.5. The van der Waals surface area contributed by atoms with Crippen LogP contribution in [0.3, 0.4) is 0 Å². The van der Waals surface area contributed by atoms with Crippen LogP contribution in [0.25, 0.3) is 0 Å². The van der Waals surface area contributed by atoms with E-state index >= 15 is 0 Å². The molecule has 0 aliphatic rings. The van der Waals surface area contributed by atoms with E-state index in [1.807, 2.05) is 0 Å². The second kappa shape index (κ2) is 8.83. The Kier molecular flexibility index (Phi) is 25.4. The summed E-state index contributed by atoms with van der Waals surface area (Å²) in [7, 11) is 0. The van der Waals surface area contributed by atoms with Crippen molar-refractivity contribution in [1.29, 1.82) is 0 Å². The first kappa shape index (κ1) is 17.3. The van der Waals surface area contributed by atoms with Gasteiger partial charge in [0.2, 0.25) is 0 Å². The lowest BCUT2D eigenvalue weighted by Gasteiger charge is -1.56. The van der Waals surface area contributed by atoms with Gasteiger partial charge < -0.3 is 10.7 Å². The Hall–Kier alpha value is -0.308. The molecule has 0 spiro atoms. The summed E-state index contributed by atoms with van der Waals surface area (Å²) in [6.07, 6.45) is 0. The van der Waals surface area contributed by atoms with Gasteiger partial charge in [0.15, 0.2) is 17.4 Å². The molecule has 3 N–H and O–H groups in total. The highest BCUT2D eigenvalue weighted by Crippen LogP contribution is 1.38. The smallest absolute Gasteiger partial charge is 0.291 e. The molecule has 0 saturated heterocycles. The van der Waals surface area contributed by atoms with E-state index < -0.39 is 5.09 Å². The molecule has 0 aromatic carbocycles. The number of rotatable bonds is 0. The highest BCUT2D eigenvalue weighted by atomic mass is 27.0. The van der Waals surface area contributed by atoms with Crippen LogP contribution < -0.4 is 0 Å². The molecule has 0 aromatic heterocycles. The van der Waals surface area contributed by atoms with Gasteiger partial charge in [0.1, 0.15) is 0 Å². The molecule has 0 aliphatic heterocycles. The van der Waals surface area contributed by atoms with Crippen LogP contribution in [-0.2, 0) is 0 Å². The van der Waals surface area contributed by atoms with Gasteiger partial charge in [-0.15, -0.1) is 10.1 Å². The number of hydrogen-bond acceptors (Lipinski definition) is 2. The van der Waals surface area contributed by atoms with Crippen molar-refractivity contribution in [2.75, 3.05) is 0 Å². The first-order valence-corrected chi connectivity index (χ1v) is 0.565. The summed E-state index contributed by atoms with van der Waals surface area (Å²) in [5.74, 6) is 0.